The largest absolute Gasteiger partial charge is 0.439 e. The Balaban J connectivity index is 1.91. The van der Waals surface area contributed by atoms with E-state index in [1.807, 2.05) is 19.9 Å². The minimum atomic E-state index is 0.450. The first-order valence-corrected chi connectivity index (χ1v) is 7.31. The Morgan fingerprint density at radius 2 is 1.80 bits per heavy atom. The smallest absolute Gasteiger partial charge is 0.226 e. The first-order valence-electron chi connectivity index (χ1n) is 6.94. The third-order valence-electron chi connectivity index (χ3n) is 3.69. The Kier molecular flexibility index (Phi) is 3.62. The maximum absolute atomic E-state index is 6.07. The van der Waals surface area contributed by atoms with E-state index in [1.165, 1.54) is 30.4 Å². The van der Waals surface area contributed by atoms with Crippen molar-refractivity contribution in [2.75, 3.05) is 0 Å². The first-order chi connectivity index (χ1) is 9.63. The van der Waals surface area contributed by atoms with Gasteiger partial charge < -0.3 is 4.74 Å². The summed E-state index contributed by atoms with van der Waals surface area (Å²) in [6.45, 7) is 3.68. The molecule has 104 valence electrons. The van der Waals surface area contributed by atoms with Crippen LogP contribution >= 0.6 is 11.6 Å². The lowest BCUT2D eigenvalue weighted by Crippen LogP contribution is -2.03. The fraction of sp³-hybridized carbons (Fsp3) is 0.375. The normalized spacial score (nSPS) is 13.9. The van der Waals surface area contributed by atoms with Crippen LogP contribution in [0, 0.1) is 13.8 Å². The predicted molar refractivity (Wildman–Crippen MR) is 79.7 cm³/mol. The fourth-order valence-electron chi connectivity index (χ4n) is 2.55. The third kappa shape index (κ3) is 2.63. The van der Waals surface area contributed by atoms with Crippen molar-refractivity contribution in [1.82, 2.24) is 9.97 Å². The Morgan fingerprint density at radius 3 is 2.60 bits per heavy atom. The Hall–Kier alpha value is -1.61. The zero-order valence-electron chi connectivity index (χ0n) is 11.7. The van der Waals surface area contributed by atoms with Crippen molar-refractivity contribution in [3.63, 3.8) is 0 Å². The molecule has 1 aliphatic rings. The first kappa shape index (κ1) is 13.4. The molecule has 1 heterocycles. The van der Waals surface area contributed by atoms with Crippen LogP contribution in [0.2, 0.25) is 5.15 Å². The monoisotopic (exact) mass is 288 g/mol. The lowest BCUT2D eigenvalue weighted by molar-refractivity contribution is 0.454. The van der Waals surface area contributed by atoms with Gasteiger partial charge in [0, 0.05) is 5.56 Å². The number of aryl methyl sites for hydroxylation is 3. The molecule has 0 saturated carbocycles. The van der Waals surface area contributed by atoms with Crippen LogP contribution in [0.5, 0.6) is 11.6 Å². The number of hydrogen-bond acceptors (Lipinski definition) is 3. The molecule has 4 heteroatoms. The molecule has 1 aromatic heterocycles. The van der Waals surface area contributed by atoms with E-state index in [1.54, 1.807) is 0 Å². The summed E-state index contributed by atoms with van der Waals surface area (Å²) in [6, 6.07) is 6.29. The summed E-state index contributed by atoms with van der Waals surface area (Å²) in [4.78, 5) is 8.44. The van der Waals surface area contributed by atoms with Crippen molar-refractivity contribution in [2.24, 2.45) is 0 Å². The lowest BCUT2D eigenvalue weighted by Gasteiger charge is -2.17. The number of ether oxygens (including phenoxy) is 1. The molecule has 0 spiro atoms. The third-order valence-corrected chi connectivity index (χ3v) is 4.06. The number of aromatic nitrogens is 2. The van der Waals surface area contributed by atoms with Crippen molar-refractivity contribution in [1.29, 1.82) is 0 Å². The van der Waals surface area contributed by atoms with Crippen molar-refractivity contribution in [2.45, 2.75) is 39.5 Å². The number of hydrogen-bond donors (Lipinski definition) is 0. The molecule has 2 aromatic rings. The SMILES string of the molecule is Cc1nc(Cl)c(C)c(Oc2ccc3c(c2)CCCC3)n1. The Labute approximate surface area is 124 Å². The van der Waals surface area contributed by atoms with Crippen LogP contribution in [0.4, 0.5) is 0 Å². The van der Waals surface area contributed by atoms with Gasteiger partial charge in [-0.05, 0) is 62.8 Å². The molecule has 0 bridgehead atoms. The van der Waals surface area contributed by atoms with Gasteiger partial charge in [-0.15, -0.1) is 0 Å². The molecule has 1 aromatic carbocycles. The molecule has 0 aliphatic heterocycles. The van der Waals surface area contributed by atoms with E-state index in [2.05, 4.69) is 22.1 Å². The topological polar surface area (TPSA) is 35.0 Å². The van der Waals surface area contributed by atoms with E-state index < -0.39 is 0 Å². The van der Waals surface area contributed by atoms with Gasteiger partial charge in [0.15, 0.2) is 0 Å². The summed E-state index contributed by atoms with van der Waals surface area (Å²) in [5, 5.41) is 0.450. The van der Waals surface area contributed by atoms with Crippen molar-refractivity contribution in [3.05, 3.63) is 45.9 Å². The van der Waals surface area contributed by atoms with Crippen LogP contribution in [0.1, 0.15) is 35.4 Å². The lowest BCUT2D eigenvalue weighted by atomic mass is 9.92. The number of nitrogens with zero attached hydrogens (tertiary/aromatic N) is 2. The molecule has 0 radical (unpaired) electrons. The second-order valence-electron chi connectivity index (χ2n) is 5.23. The fourth-order valence-corrected chi connectivity index (χ4v) is 2.76. The van der Waals surface area contributed by atoms with Crippen LogP contribution in [0.25, 0.3) is 0 Å². The number of benzene rings is 1. The average molecular weight is 289 g/mol. The zero-order chi connectivity index (χ0) is 14.1. The molecule has 3 rings (SSSR count). The van der Waals surface area contributed by atoms with E-state index in [0.29, 0.717) is 16.9 Å². The van der Waals surface area contributed by atoms with Gasteiger partial charge in [0.25, 0.3) is 0 Å². The Bertz CT molecular complexity index is 655. The molecule has 0 atom stereocenters. The quantitative estimate of drug-likeness (QED) is 0.767. The summed E-state index contributed by atoms with van der Waals surface area (Å²) < 4.78 is 5.90. The van der Waals surface area contributed by atoms with Crippen LogP contribution in [0.3, 0.4) is 0 Å². The molecule has 1 aliphatic carbocycles. The van der Waals surface area contributed by atoms with Crippen LogP contribution in [-0.4, -0.2) is 9.97 Å². The molecule has 0 N–H and O–H groups in total. The van der Waals surface area contributed by atoms with E-state index in [0.717, 1.165) is 17.7 Å². The zero-order valence-corrected chi connectivity index (χ0v) is 12.5. The number of halogens is 1. The highest BCUT2D eigenvalue weighted by molar-refractivity contribution is 6.30. The van der Waals surface area contributed by atoms with Gasteiger partial charge in [-0.3, -0.25) is 0 Å². The van der Waals surface area contributed by atoms with Crippen molar-refractivity contribution >= 4 is 11.6 Å². The highest BCUT2D eigenvalue weighted by Gasteiger charge is 2.13. The van der Waals surface area contributed by atoms with Gasteiger partial charge in [0.2, 0.25) is 5.88 Å². The van der Waals surface area contributed by atoms with Gasteiger partial charge in [-0.25, -0.2) is 4.98 Å². The molecule has 0 saturated heterocycles. The van der Waals surface area contributed by atoms with E-state index in [-0.39, 0.29) is 0 Å². The second-order valence-corrected chi connectivity index (χ2v) is 5.59. The van der Waals surface area contributed by atoms with Crippen LogP contribution in [0.15, 0.2) is 18.2 Å². The summed E-state index contributed by atoms with van der Waals surface area (Å²) in [5.41, 5.74) is 3.61. The minimum Gasteiger partial charge on any atom is -0.439 e. The van der Waals surface area contributed by atoms with Gasteiger partial charge >= 0.3 is 0 Å². The molecular formula is C16H17ClN2O. The molecule has 0 amide bonds. The summed E-state index contributed by atoms with van der Waals surface area (Å²) in [5.74, 6) is 1.98. The average Bonchev–Trinajstić information content (AvgIpc) is 2.44. The van der Waals surface area contributed by atoms with E-state index >= 15 is 0 Å². The minimum absolute atomic E-state index is 0.450. The van der Waals surface area contributed by atoms with Crippen LogP contribution in [-0.2, 0) is 12.8 Å². The molecule has 0 unspecified atom stereocenters. The van der Waals surface area contributed by atoms with E-state index in [4.69, 9.17) is 16.3 Å². The maximum atomic E-state index is 6.07. The van der Waals surface area contributed by atoms with Gasteiger partial charge in [-0.1, -0.05) is 17.7 Å². The van der Waals surface area contributed by atoms with Crippen LogP contribution < -0.4 is 4.74 Å². The van der Waals surface area contributed by atoms with Gasteiger partial charge in [-0.2, -0.15) is 4.98 Å². The Morgan fingerprint density at radius 1 is 1.05 bits per heavy atom. The highest BCUT2D eigenvalue weighted by Crippen LogP contribution is 2.30. The summed E-state index contributed by atoms with van der Waals surface area (Å²) in [6.07, 6.45) is 4.85. The van der Waals surface area contributed by atoms with Gasteiger partial charge in [0.1, 0.15) is 16.7 Å². The van der Waals surface area contributed by atoms with Crippen molar-refractivity contribution < 1.29 is 4.74 Å². The second kappa shape index (κ2) is 5.41. The molecule has 20 heavy (non-hydrogen) atoms. The van der Waals surface area contributed by atoms with E-state index in [9.17, 15) is 0 Å². The number of rotatable bonds is 2. The molecule has 0 fully saturated rings. The molecule has 3 nitrogen and oxygen atoms in total. The highest BCUT2D eigenvalue weighted by atomic mass is 35.5. The molecular weight excluding hydrogens is 272 g/mol. The summed E-state index contributed by atoms with van der Waals surface area (Å²) >= 11 is 6.07. The standard InChI is InChI=1S/C16H17ClN2O/c1-10-15(17)18-11(2)19-16(10)20-14-8-7-12-5-3-4-6-13(12)9-14/h7-9H,3-6H2,1-2H3. The number of fused-ring (bicyclic) bond motifs is 1. The maximum Gasteiger partial charge on any atom is 0.226 e. The van der Waals surface area contributed by atoms with Crippen molar-refractivity contribution in [3.8, 4) is 11.6 Å². The summed E-state index contributed by atoms with van der Waals surface area (Å²) in [7, 11) is 0. The predicted octanol–water partition coefficient (Wildman–Crippen LogP) is 4.42. The van der Waals surface area contributed by atoms with Gasteiger partial charge in [0.05, 0.1) is 0 Å².